The number of amidine groups is 1. The van der Waals surface area contributed by atoms with Gasteiger partial charge in [0, 0.05) is 18.3 Å². The lowest BCUT2D eigenvalue weighted by molar-refractivity contribution is -0.152. The third kappa shape index (κ3) is 4.69. The molecule has 9 heteroatoms. The molecule has 21 heavy (non-hydrogen) atoms. The Labute approximate surface area is 118 Å². The van der Waals surface area contributed by atoms with Crippen molar-refractivity contribution in [2.45, 2.75) is 13.1 Å². The second kappa shape index (κ2) is 7.00. The number of alkyl halides is 3. The van der Waals surface area contributed by atoms with Crippen LogP contribution in [0.4, 0.5) is 23.2 Å². The Hall–Kier alpha value is -2.19. The lowest BCUT2D eigenvalue weighted by Crippen LogP contribution is -2.40. The van der Waals surface area contributed by atoms with Crippen LogP contribution in [0.1, 0.15) is 6.92 Å². The summed E-state index contributed by atoms with van der Waals surface area (Å²) < 4.78 is 56.6. The van der Waals surface area contributed by atoms with Crippen molar-refractivity contribution in [1.29, 1.82) is 0 Å². The molecule has 0 heterocycles. The summed E-state index contributed by atoms with van der Waals surface area (Å²) in [7, 11) is 0. The van der Waals surface area contributed by atoms with E-state index in [0.717, 1.165) is 6.07 Å². The minimum Gasteiger partial charge on any atom is -0.491 e. The standard InChI is InChI=1S/C12H15F4N3O2/c1-2-21-10-4-3-7(5-9(10)13)18-6-8(11(17)19-20)12(14,15)16/h3-5,8,18,20H,2,6H2,1H3,(H2,17,19). The maximum atomic E-state index is 13.5. The molecule has 1 atom stereocenters. The number of rotatable bonds is 6. The second-order valence-electron chi connectivity index (χ2n) is 4.08. The van der Waals surface area contributed by atoms with E-state index in [1.165, 1.54) is 12.1 Å². The number of hydrogen-bond donors (Lipinski definition) is 3. The van der Waals surface area contributed by atoms with Gasteiger partial charge in [-0.15, -0.1) is 0 Å². The topological polar surface area (TPSA) is 79.9 Å². The van der Waals surface area contributed by atoms with Crippen LogP contribution in [0.25, 0.3) is 0 Å². The molecule has 4 N–H and O–H groups in total. The summed E-state index contributed by atoms with van der Waals surface area (Å²) in [6.07, 6.45) is -4.69. The van der Waals surface area contributed by atoms with Gasteiger partial charge in [0.15, 0.2) is 17.4 Å². The van der Waals surface area contributed by atoms with Crippen LogP contribution in [0, 0.1) is 11.7 Å². The Morgan fingerprint density at radius 3 is 2.62 bits per heavy atom. The number of nitrogens with two attached hydrogens (primary N) is 1. The fraction of sp³-hybridized carbons (Fsp3) is 0.417. The molecule has 1 aromatic rings. The molecule has 0 saturated carbocycles. The summed E-state index contributed by atoms with van der Waals surface area (Å²) in [6, 6.07) is 3.67. The number of benzene rings is 1. The summed E-state index contributed by atoms with van der Waals surface area (Å²) >= 11 is 0. The van der Waals surface area contributed by atoms with Crippen molar-refractivity contribution in [3.63, 3.8) is 0 Å². The quantitative estimate of drug-likeness (QED) is 0.248. The molecule has 0 amide bonds. The molecule has 118 valence electrons. The third-order valence-electron chi connectivity index (χ3n) is 2.61. The molecule has 0 aliphatic carbocycles. The zero-order valence-corrected chi connectivity index (χ0v) is 11.1. The summed E-state index contributed by atoms with van der Waals surface area (Å²) in [4.78, 5) is 0. The highest BCUT2D eigenvalue weighted by atomic mass is 19.4. The monoisotopic (exact) mass is 309 g/mol. The van der Waals surface area contributed by atoms with Gasteiger partial charge >= 0.3 is 6.18 Å². The molecular formula is C12H15F4N3O2. The van der Waals surface area contributed by atoms with Gasteiger partial charge in [-0.1, -0.05) is 5.16 Å². The van der Waals surface area contributed by atoms with E-state index in [1.807, 2.05) is 0 Å². The van der Waals surface area contributed by atoms with Crippen molar-refractivity contribution in [2.24, 2.45) is 16.8 Å². The van der Waals surface area contributed by atoms with E-state index in [-0.39, 0.29) is 18.0 Å². The van der Waals surface area contributed by atoms with Crippen LogP contribution < -0.4 is 15.8 Å². The van der Waals surface area contributed by atoms with Gasteiger partial charge in [-0.2, -0.15) is 13.2 Å². The maximum Gasteiger partial charge on any atom is 0.400 e. The SMILES string of the molecule is CCOc1ccc(NCC(/C(N)=N/O)C(F)(F)F)cc1F. The fourth-order valence-corrected chi connectivity index (χ4v) is 1.56. The molecule has 0 aliphatic heterocycles. The number of hydrogen-bond acceptors (Lipinski definition) is 4. The predicted molar refractivity (Wildman–Crippen MR) is 69.0 cm³/mol. The average Bonchev–Trinajstić information content (AvgIpc) is 2.40. The lowest BCUT2D eigenvalue weighted by Gasteiger charge is -2.20. The molecule has 0 bridgehead atoms. The first kappa shape index (κ1) is 16.9. The van der Waals surface area contributed by atoms with Gasteiger partial charge in [0.2, 0.25) is 0 Å². The highest BCUT2D eigenvalue weighted by Gasteiger charge is 2.42. The molecule has 1 rings (SSSR count). The Kier molecular flexibility index (Phi) is 5.62. The second-order valence-corrected chi connectivity index (χ2v) is 4.08. The molecule has 0 aliphatic rings. The third-order valence-corrected chi connectivity index (χ3v) is 2.61. The van der Waals surface area contributed by atoms with E-state index < -0.39 is 30.3 Å². The van der Waals surface area contributed by atoms with Gasteiger partial charge in [-0.05, 0) is 19.1 Å². The number of halogens is 4. The predicted octanol–water partition coefficient (Wildman–Crippen LogP) is 2.56. The van der Waals surface area contributed by atoms with Gasteiger partial charge in [0.1, 0.15) is 5.92 Å². The summed E-state index contributed by atoms with van der Waals surface area (Å²) in [5, 5.41) is 13.1. The zero-order chi connectivity index (χ0) is 16.0. The van der Waals surface area contributed by atoms with Crippen LogP contribution in [0.3, 0.4) is 0 Å². The first-order chi connectivity index (χ1) is 9.79. The van der Waals surface area contributed by atoms with Crippen LogP contribution in [0.5, 0.6) is 5.75 Å². The van der Waals surface area contributed by atoms with Crippen molar-refractivity contribution >= 4 is 11.5 Å². The molecule has 5 nitrogen and oxygen atoms in total. The molecule has 0 fully saturated rings. The Balaban J connectivity index is 2.79. The number of ether oxygens (including phenoxy) is 1. The summed E-state index contributed by atoms with van der Waals surface area (Å²) in [6.45, 7) is 1.26. The van der Waals surface area contributed by atoms with E-state index in [9.17, 15) is 17.6 Å². The molecule has 0 spiro atoms. The van der Waals surface area contributed by atoms with Gasteiger partial charge in [-0.3, -0.25) is 0 Å². The Morgan fingerprint density at radius 1 is 1.48 bits per heavy atom. The molecular weight excluding hydrogens is 294 g/mol. The summed E-state index contributed by atoms with van der Waals surface area (Å²) in [5.41, 5.74) is 5.13. The van der Waals surface area contributed by atoms with Crippen LogP contribution in [0.15, 0.2) is 23.4 Å². The first-order valence-corrected chi connectivity index (χ1v) is 6.00. The maximum absolute atomic E-state index is 13.5. The van der Waals surface area contributed by atoms with Crippen molar-refractivity contribution in [1.82, 2.24) is 0 Å². The minimum atomic E-state index is -4.69. The normalized spacial score (nSPS) is 13.9. The van der Waals surface area contributed by atoms with Crippen LogP contribution in [-0.2, 0) is 0 Å². The molecule has 0 aromatic heterocycles. The molecule has 1 unspecified atom stereocenters. The van der Waals surface area contributed by atoms with Crippen molar-refractivity contribution in [3.8, 4) is 5.75 Å². The average molecular weight is 309 g/mol. The number of oxime groups is 1. The van der Waals surface area contributed by atoms with Gasteiger partial charge in [0.05, 0.1) is 6.61 Å². The van der Waals surface area contributed by atoms with Crippen LogP contribution in [0.2, 0.25) is 0 Å². The van der Waals surface area contributed by atoms with Crippen LogP contribution >= 0.6 is 0 Å². The van der Waals surface area contributed by atoms with Crippen molar-refractivity contribution in [3.05, 3.63) is 24.0 Å². The highest BCUT2D eigenvalue weighted by Crippen LogP contribution is 2.27. The number of anilines is 1. The van der Waals surface area contributed by atoms with E-state index in [0.29, 0.717) is 0 Å². The van der Waals surface area contributed by atoms with Crippen molar-refractivity contribution in [2.75, 3.05) is 18.5 Å². The summed E-state index contributed by atoms with van der Waals surface area (Å²) in [5.74, 6) is -3.85. The van der Waals surface area contributed by atoms with Crippen molar-refractivity contribution < 1.29 is 27.5 Å². The van der Waals surface area contributed by atoms with Gasteiger partial charge < -0.3 is 21.0 Å². The Bertz CT molecular complexity index is 506. The number of nitrogens with zero attached hydrogens (tertiary/aromatic N) is 1. The van der Waals surface area contributed by atoms with E-state index in [1.54, 1.807) is 6.92 Å². The molecule has 1 aromatic carbocycles. The first-order valence-electron chi connectivity index (χ1n) is 6.00. The van der Waals surface area contributed by atoms with E-state index in [4.69, 9.17) is 15.7 Å². The zero-order valence-electron chi connectivity index (χ0n) is 11.1. The Morgan fingerprint density at radius 2 is 2.14 bits per heavy atom. The van der Waals surface area contributed by atoms with Gasteiger partial charge in [0.25, 0.3) is 0 Å². The molecule has 0 saturated heterocycles. The lowest BCUT2D eigenvalue weighted by atomic mass is 10.1. The molecule has 0 radical (unpaired) electrons. The van der Waals surface area contributed by atoms with Gasteiger partial charge in [-0.25, -0.2) is 4.39 Å². The highest BCUT2D eigenvalue weighted by molar-refractivity contribution is 5.83. The van der Waals surface area contributed by atoms with E-state index >= 15 is 0 Å². The number of nitrogens with one attached hydrogen (secondary N) is 1. The minimum absolute atomic E-state index is 0.00635. The van der Waals surface area contributed by atoms with E-state index in [2.05, 4.69) is 10.5 Å². The largest absolute Gasteiger partial charge is 0.491 e. The van der Waals surface area contributed by atoms with Crippen LogP contribution in [-0.4, -0.2) is 30.4 Å². The smallest absolute Gasteiger partial charge is 0.400 e. The fourth-order valence-electron chi connectivity index (χ4n) is 1.56.